The fraction of sp³-hybridized carbons (Fsp3) is 0.250. The van der Waals surface area contributed by atoms with Gasteiger partial charge in [0.1, 0.15) is 5.82 Å². The predicted molar refractivity (Wildman–Crippen MR) is 112 cm³/mol. The Balaban J connectivity index is 1.81. The molecule has 1 aliphatic rings. The van der Waals surface area contributed by atoms with Gasteiger partial charge in [-0.2, -0.15) is 15.6 Å². The number of benzene rings is 2. The first-order valence-electron chi connectivity index (χ1n) is 8.98. The normalized spacial score (nSPS) is 16.9. The Hall–Kier alpha value is -2.68. The van der Waals surface area contributed by atoms with E-state index in [2.05, 4.69) is 15.3 Å². The summed E-state index contributed by atoms with van der Waals surface area (Å²) < 4.78 is 21.1. The second kappa shape index (κ2) is 7.05. The Kier molecular flexibility index (Phi) is 4.70. The fourth-order valence-electron chi connectivity index (χ4n) is 3.39. The SMILES string of the molecule is CC(=O)Nc1nc(N2CCS(O)(O)c3ccccc3C2)nc2ccc(C)cc12. The Bertz CT molecular complexity index is 1070. The highest BCUT2D eigenvalue weighted by Gasteiger charge is 2.27. The van der Waals surface area contributed by atoms with Gasteiger partial charge in [-0.3, -0.25) is 13.9 Å². The molecule has 1 aromatic heterocycles. The summed E-state index contributed by atoms with van der Waals surface area (Å²) in [6, 6.07) is 13.2. The van der Waals surface area contributed by atoms with Crippen LogP contribution in [0.1, 0.15) is 18.1 Å². The van der Waals surface area contributed by atoms with E-state index in [0.29, 0.717) is 29.8 Å². The molecule has 0 saturated heterocycles. The van der Waals surface area contributed by atoms with Crippen molar-refractivity contribution in [2.45, 2.75) is 25.3 Å². The lowest BCUT2D eigenvalue weighted by atomic mass is 10.1. The summed E-state index contributed by atoms with van der Waals surface area (Å²) in [5, 5.41) is 3.57. The summed E-state index contributed by atoms with van der Waals surface area (Å²) in [7, 11) is -2.86. The van der Waals surface area contributed by atoms with Crippen molar-refractivity contribution in [3.63, 3.8) is 0 Å². The lowest BCUT2D eigenvalue weighted by molar-refractivity contribution is -0.114. The van der Waals surface area contributed by atoms with Crippen LogP contribution in [-0.4, -0.2) is 37.3 Å². The van der Waals surface area contributed by atoms with Crippen molar-refractivity contribution < 1.29 is 13.9 Å². The number of hydrogen-bond donors (Lipinski definition) is 3. The highest BCUT2D eigenvalue weighted by atomic mass is 32.3. The molecule has 28 heavy (non-hydrogen) atoms. The molecule has 2 heterocycles. The number of rotatable bonds is 2. The number of hydrogen-bond acceptors (Lipinski definition) is 6. The van der Waals surface area contributed by atoms with E-state index in [-0.39, 0.29) is 11.7 Å². The van der Waals surface area contributed by atoms with E-state index < -0.39 is 10.6 Å². The minimum Gasteiger partial charge on any atom is -0.335 e. The third kappa shape index (κ3) is 3.54. The highest BCUT2D eigenvalue weighted by Crippen LogP contribution is 2.51. The van der Waals surface area contributed by atoms with Gasteiger partial charge in [0.2, 0.25) is 11.9 Å². The van der Waals surface area contributed by atoms with Crippen LogP contribution in [0.3, 0.4) is 0 Å². The zero-order valence-corrected chi connectivity index (χ0v) is 16.5. The molecule has 0 atom stereocenters. The quantitative estimate of drug-likeness (QED) is 0.603. The molecular formula is C20H22N4O3S. The Morgan fingerprint density at radius 2 is 1.96 bits per heavy atom. The van der Waals surface area contributed by atoms with Crippen LogP contribution in [0.5, 0.6) is 0 Å². The fourth-order valence-corrected chi connectivity index (χ4v) is 4.93. The van der Waals surface area contributed by atoms with E-state index in [1.165, 1.54) is 6.92 Å². The molecule has 1 aliphatic heterocycles. The minimum absolute atomic E-state index is 0.203. The largest absolute Gasteiger partial charge is 0.335 e. The number of amides is 1. The maximum atomic E-state index is 11.7. The summed E-state index contributed by atoms with van der Waals surface area (Å²) in [6.07, 6.45) is 0. The van der Waals surface area contributed by atoms with Crippen LogP contribution in [0.25, 0.3) is 10.9 Å². The number of anilines is 2. The minimum atomic E-state index is -2.86. The number of nitrogens with zero attached hydrogens (tertiary/aromatic N) is 3. The highest BCUT2D eigenvalue weighted by molar-refractivity contribution is 8.24. The van der Waals surface area contributed by atoms with Gasteiger partial charge in [-0.15, -0.1) is 0 Å². The summed E-state index contributed by atoms with van der Waals surface area (Å²) in [4.78, 5) is 23.5. The maximum Gasteiger partial charge on any atom is 0.228 e. The molecule has 0 radical (unpaired) electrons. The van der Waals surface area contributed by atoms with Crippen LogP contribution < -0.4 is 10.2 Å². The Morgan fingerprint density at radius 3 is 2.75 bits per heavy atom. The van der Waals surface area contributed by atoms with Crippen LogP contribution in [0.15, 0.2) is 47.4 Å². The number of aromatic nitrogens is 2. The predicted octanol–water partition coefficient (Wildman–Crippen LogP) is 4.03. The van der Waals surface area contributed by atoms with Crippen LogP contribution >= 0.6 is 10.6 Å². The number of fused-ring (bicyclic) bond motifs is 2. The van der Waals surface area contributed by atoms with Crippen LogP contribution in [-0.2, 0) is 11.3 Å². The lowest BCUT2D eigenvalue weighted by Gasteiger charge is -2.32. The summed E-state index contributed by atoms with van der Waals surface area (Å²) >= 11 is 0. The topological polar surface area (TPSA) is 98.6 Å². The van der Waals surface area contributed by atoms with Gasteiger partial charge in [0.25, 0.3) is 0 Å². The maximum absolute atomic E-state index is 11.7. The third-order valence-corrected chi connectivity index (χ3v) is 6.60. The van der Waals surface area contributed by atoms with Crippen molar-refractivity contribution >= 4 is 39.2 Å². The zero-order valence-electron chi connectivity index (χ0n) is 15.7. The van der Waals surface area contributed by atoms with Crippen molar-refractivity contribution in [1.29, 1.82) is 0 Å². The van der Waals surface area contributed by atoms with E-state index in [0.717, 1.165) is 22.0 Å². The van der Waals surface area contributed by atoms with Gasteiger partial charge in [0.05, 0.1) is 16.2 Å². The average Bonchev–Trinajstić information content (AvgIpc) is 2.78. The molecule has 0 fully saturated rings. The van der Waals surface area contributed by atoms with Crippen molar-refractivity contribution in [2.24, 2.45) is 0 Å². The van der Waals surface area contributed by atoms with Gasteiger partial charge in [-0.25, -0.2) is 4.98 Å². The smallest absolute Gasteiger partial charge is 0.228 e. The van der Waals surface area contributed by atoms with Gasteiger partial charge >= 0.3 is 0 Å². The van der Waals surface area contributed by atoms with Gasteiger partial charge in [-0.1, -0.05) is 29.8 Å². The van der Waals surface area contributed by atoms with Gasteiger partial charge in [-0.05, 0) is 30.7 Å². The molecule has 3 N–H and O–H groups in total. The first-order chi connectivity index (χ1) is 13.3. The first kappa shape index (κ1) is 18.7. The summed E-state index contributed by atoms with van der Waals surface area (Å²) in [5.41, 5.74) is 2.62. The second-order valence-corrected chi connectivity index (χ2v) is 9.16. The molecule has 7 nitrogen and oxygen atoms in total. The molecule has 0 spiro atoms. The number of carbonyl (C=O) groups excluding carboxylic acids is 1. The van der Waals surface area contributed by atoms with Crippen molar-refractivity contribution in [2.75, 3.05) is 22.5 Å². The zero-order chi connectivity index (χ0) is 19.9. The van der Waals surface area contributed by atoms with Crippen LogP contribution in [0.2, 0.25) is 0 Å². The monoisotopic (exact) mass is 398 g/mol. The number of aryl methyl sites for hydroxylation is 1. The van der Waals surface area contributed by atoms with E-state index >= 15 is 0 Å². The molecule has 0 unspecified atom stereocenters. The molecule has 4 rings (SSSR count). The standard InChI is InChI=1S/C20H22N4O3S/c1-13-7-8-17-16(11-13)19(21-14(2)25)23-20(22-17)24-9-10-28(26,27)18-6-4-3-5-15(18)12-24/h3-8,11,26-27H,9-10,12H2,1-2H3,(H,21,22,23,25). The number of carbonyl (C=O) groups is 1. The Labute approximate surface area is 164 Å². The van der Waals surface area contributed by atoms with Crippen molar-refractivity contribution in [3.8, 4) is 0 Å². The molecule has 3 aromatic rings. The van der Waals surface area contributed by atoms with E-state index in [1.807, 2.05) is 48.2 Å². The third-order valence-electron chi connectivity index (χ3n) is 4.75. The van der Waals surface area contributed by atoms with E-state index in [1.54, 1.807) is 6.07 Å². The van der Waals surface area contributed by atoms with E-state index in [9.17, 15) is 13.9 Å². The summed E-state index contributed by atoms with van der Waals surface area (Å²) in [5.74, 6) is 0.907. The van der Waals surface area contributed by atoms with Gasteiger partial charge in [0.15, 0.2) is 0 Å². The molecule has 1 amide bonds. The average molecular weight is 398 g/mol. The first-order valence-corrected chi connectivity index (χ1v) is 10.7. The molecule has 146 valence electrons. The van der Waals surface area contributed by atoms with E-state index in [4.69, 9.17) is 0 Å². The molecule has 0 aliphatic carbocycles. The molecular weight excluding hydrogens is 376 g/mol. The second-order valence-electron chi connectivity index (χ2n) is 6.97. The Morgan fingerprint density at radius 1 is 1.18 bits per heavy atom. The number of nitrogens with one attached hydrogen (secondary N) is 1. The molecule has 2 aromatic carbocycles. The lowest BCUT2D eigenvalue weighted by Crippen LogP contribution is -2.27. The van der Waals surface area contributed by atoms with Crippen molar-refractivity contribution in [3.05, 3.63) is 53.6 Å². The molecule has 0 bridgehead atoms. The van der Waals surface area contributed by atoms with Crippen molar-refractivity contribution in [1.82, 2.24) is 9.97 Å². The molecule has 8 heteroatoms. The van der Waals surface area contributed by atoms with Crippen LogP contribution in [0.4, 0.5) is 11.8 Å². The van der Waals surface area contributed by atoms with Crippen LogP contribution in [0, 0.1) is 6.92 Å². The molecule has 0 saturated carbocycles. The van der Waals surface area contributed by atoms with Gasteiger partial charge in [0, 0.05) is 25.4 Å². The van der Waals surface area contributed by atoms with Gasteiger partial charge < -0.3 is 10.2 Å². The summed E-state index contributed by atoms with van der Waals surface area (Å²) in [6.45, 7) is 4.28.